The summed E-state index contributed by atoms with van der Waals surface area (Å²) in [6, 6.07) is 7.77. The van der Waals surface area contributed by atoms with Crippen LogP contribution in [-0.2, 0) is 10.8 Å². The van der Waals surface area contributed by atoms with Gasteiger partial charge in [0.1, 0.15) is 0 Å². The lowest BCUT2D eigenvalue weighted by Crippen LogP contribution is -2.38. The number of benzene rings is 5. The summed E-state index contributed by atoms with van der Waals surface area (Å²) in [6.07, 6.45) is 0. The van der Waals surface area contributed by atoms with E-state index >= 15 is 0 Å². The summed E-state index contributed by atoms with van der Waals surface area (Å²) in [7, 11) is 3.09. The standard InChI is InChI=1S/C36H34N2O4/c1-15-11-17-25-18(32(40)37(9)31(17)39)12-16(2)24-28-22(36(6,7)8)14-20-26-19(33(41)38(10)34(20)42)13-21(35(3,4)5)27(30(26)28)23(15)29(24)25/h11-14H,1-10H3. The molecule has 2 heterocycles. The van der Waals surface area contributed by atoms with E-state index < -0.39 is 0 Å². The number of aryl methyl sites for hydroxylation is 2. The van der Waals surface area contributed by atoms with Crippen molar-refractivity contribution in [3.63, 3.8) is 0 Å². The first-order valence-electron chi connectivity index (χ1n) is 14.4. The van der Waals surface area contributed by atoms with Crippen LogP contribution in [0, 0.1) is 13.8 Å². The molecular weight excluding hydrogens is 524 g/mol. The van der Waals surface area contributed by atoms with E-state index in [4.69, 9.17) is 0 Å². The van der Waals surface area contributed by atoms with Crippen molar-refractivity contribution in [2.24, 2.45) is 0 Å². The molecule has 6 nitrogen and oxygen atoms in total. The van der Waals surface area contributed by atoms with Crippen molar-refractivity contribution in [1.29, 1.82) is 0 Å². The second-order valence-electron chi connectivity index (χ2n) is 14.3. The fourth-order valence-corrected chi connectivity index (χ4v) is 7.47. The van der Waals surface area contributed by atoms with Crippen LogP contribution in [0.4, 0.5) is 0 Å². The van der Waals surface area contributed by atoms with Gasteiger partial charge in [0.2, 0.25) is 0 Å². The van der Waals surface area contributed by atoms with E-state index in [0.29, 0.717) is 33.0 Å². The van der Waals surface area contributed by atoms with E-state index in [0.717, 1.165) is 54.6 Å². The van der Waals surface area contributed by atoms with Gasteiger partial charge in [0.15, 0.2) is 0 Å². The van der Waals surface area contributed by atoms with E-state index in [1.54, 1.807) is 7.05 Å². The predicted octanol–water partition coefficient (Wildman–Crippen LogP) is 7.40. The molecule has 5 aromatic carbocycles. The number of carbonyl (C=O) groups excluding carboxylic acids is 4. The molecule has 0 fully saturated rings. The fraction of sp³-hybridized carbons (Fsp3) is 0.333. The topological polar surface area (TPSA) is 74.8 Å². The zero-order valence-corrected chi connectivity index (χ0v) is 25.8. The summed E-state index contributed by atoms with van der Waals surface area (Å²) in [5.74, 6) is -1.22. The Morgan fingerprint density at radius 2 is 0.714 bits per heavy atom. The van der Waals surface area contributed by atoms with Crippen LogP contribution in [-0.4, -0.2) is 47.5 Å². The molecule has 0 atom stereocenters. The van der Waals surface area contributed by atoms with Crippen LogP contribution in [0.1, 0.15) is 105 Å². The number of imide groups is 2. The highest BCUT2D eigenvalue weighted by atomic mass is 16.2. The van der Waals surface area contributed by atoms with Crippen LogP contribution >= 0.6 is 0 Å². The van der Waals surface area contributed by atoms with Gasteiger partial charge >= 0.3 is 0 Å². The van der Waals surface area contributed by atoms with Crippen LogP contribution < -0.4 is 0 Å². The maximum Gasteiger partial charge on any atom is 0.261 e. The normalized spacial score (nSPS) is 16.0. The van der Waals surface area contributed by atoms with E-state index in [2.05, 4.69) is 41.5 Å². The number of fused-ring (bicyclic) bond motifs is 2. The van der Waals surface area contributed by atoms with Crippen molar-refractivity contribution in [2.45, 2.75) is 66.2 Å². The Kier molecular flexibility index (Phi) is 4.90. The molecule has 0 saturated carbocycles. The molecule has 2 aliphatic heterocycles. The van der Waals surface area contributed by atoms with Gasteiger partial charge in [-0.15, -0.1) is 0 Å². The molecule has 6 heteroatoms. The summed E-state index contributed by atoms with van der Waals surface area (Å²) < 4.78 is 0. The average Bonchev–Trinajstić information content (AvgIpc) is 2.90. The third-order valence-electron chi connectivity index (χ3n) is 9.46. The Hall–Kier alpha value is -4.32. The Labute approximate surface area is 244 Å². The lowest BCUT2D eigenvalue weighted by atomic mass is 9.71. The van der Waals surface area contributed by atoms with Gasteiger partial charge in [-0.2, -0.15) is 0 Å². The molecule has 7 rings (SSSR count). The number of hydrogen-bond donors (Lipinski definition) is 0. The average molecular weight is 559 g/mol. The summed E-state index contributed by atoms with van der Waals surface area (Å²) in [4.78, 5) is 57.0. The van der Waals surface area contributed by atoms with Crippen LogP contribution in [0.15, 0.2) is 24.3 Å². The third kappa shape index (κ3) is 3.00. The van der Waals surface area contributed by atoms with Crippen LogP contribution in [0.25, 0.3) is 43.1 Å². The van der Waals surface area contributed by atoms with Gasteiger partial charge in [-0.25, -0.2) is 0 Å². The minimum atomic E-state index is -0.361. The van der Waals surface area contributed by atoms with Gasteiger partial charge in [0, 0.05) is 47.1 Å². The zero-order valence-electron chi connectivity index (χ0n) is 25.8. The quantitative estimate of drug-likeness (QED) is 0.113. The third-order valence-corrected chi connectivity index (χ3v) is 9.46. The molecule has 4 amide bonds. The highest BCUT2D eigenvalue weighted by Gasteiger charge is 2.39. The Bertz CT molecular complexity index is 2030. The molecule has 0 bridgehead atoms. The lowest BCUT2D eigenvalue weighted by Gasteiger charge is -2.34. The molecule has 0 N–H and O–H groups in total. The van der Waals surface area contributed by atoms with Crippen LogP contribution in [0.3, 0.4) is 0 Å². The van der Waals surface area contributed by atoms with E-state index in [1.807, 2.05) is 38.1 Å². The van der Waals surface area contributed by atoms with Crippen LogP contribution in [0.2, 0.25) is 0 Å². The van der Waals surface area contributed by atoms with Gasteiger partial charge in [-0.3, -0.25) is 29.0 Å². The highest BCUT2D eigenvalue weighted by molar-refractivity contribution is 6.43. The van der Waals surface area contributed by atoms with E-state index in [1.165, 1.54) is 16.8 Å². The van der Waals surface area contributed by atoms with Crippen molar-refractivity contribution in [3.8, 4) is 0 Å². The molecule has 0 radical (unpaired) electrons. The number of rotatable bonds is 0. The molecule has 42 heavy (non-hydrogen) atoms. The largest absolute Gasteiger partial charge is 0.277 e. The first-order valence-corrected chi connectivity index (χ1v) is 14.4. The molecule has 2 aliphatic rings. The zero-order chi connectivity index (χ0) is 30.5. The number of carbonyl (C=O) groups is 4. The molecular formula is C36H34N2O4. The molecule has 0 unspecified atom stereocenters. The first kappa shape index (κ1) is 26.6. The summed E-state index contributed by atoms with van der Waals surface area (Å²) >= 11 is 0. The SMILES string of the molecule is Cc1cc2c3c(cc(C)c4c5c(C(C)(C)C)cc6c7c(cc(C(C)(C)C)c(c1c34)c75)C(=O)N(C)C6=O)C(=O)N(C)C2=O. The lowest BCUT2D eigenvalue weighted by molar-refractivity contribution is 0.0635. The first-order chi connectivity index (χ1) is 19.5. The van der Waals surface area contributed by atoms with E-state index in [-0.39, 0.29) is 34.5 Å². The highest BCUT2D eigenvalue weighted by Crippen LogP contribution is 2.53. The minimum Gasteiger partial charge on any atom is -0.277 e. The predicted molar refractivity (Wildman–Crippen MR) is 167 cm³/mol. The van der Waals surface area contributed by atoms with Crippen LogP contribution in [0.5, 0.6) is 0 Å². The van der Waals surface area contributed by atoms with Crippen molar-refractivity contribution >= 4 is 66.7 Å². The Balaban J connectivity index is 1.95. The minimum absolute atomic E-state index is 0.303. The molecule has 212 valence electrons. The van der Waals surface area contributed by atoms with Gasteiger partial charge in [0.25, 0.3) is 23.6 Å². The maximum absolute atomic E-state index is 13.7. The monoisotopic (exact) mass is 558 g/mol. The number of nitrogens with zero attached hydrogens (tertiary/aromatic N) is 2. The molecule has 0 saturated heterocycles. The second kappa shape index (κ2) is 7.74. The van der Waals surface area contributed by atoms with Gasteiger partial charge in [-0.05, 0) is 104 Å². The number of amides is 4. The fourth-order valence-electron chi connectivity index (χ4n) is 7.47. The van der Waals surface area contributed by atoms with Crippen molar-refractivity contribution in [2.75, 3.05) is 14.1 Å². The molecule has 5 aromatic rings. The molecule has 0 aliphatic carbocycles. The van der Waals surface area contributed by atoms with Gasteiger partial charge in [0.05, 0.1) is 0 Å². The van der Waals surface area contributed by atoms with Crippen molar-refractivity contribution < 1.29 is 19.2 Å². The molecule has 0 spiro atoms. The van der Waals surface area contributed by atoms with Gasteiger partial charge < -0.3 is 0 Å². The Morgan fingerprint density at radius 1 is 0.429 bits per heavy atom. The summed E-state index contributed by atoms with van der Waals surface area (Å²) in [5, 5.41) is 7.13. The van der Waals surface area contributed by atoms with E-state index in [9.17, 15) is 19.2 Å². The molecule has 0 aromatic heterocycles. The van der Waals surface area contributed by atoms with Gasteiger partial charge in [-0.1, -0.05) is 41.5 Å². The second-order valence-corrected chi connectivity index (χ2v) is 14.3. The maximum atomic E-state index is 13.7. The number of hydrogen-bond acceptors (Lipinski definition) is 4. The van der Waals surface area contributed by atoms with Crippen molar-refractivity contribution in [1.82, 2.24) is 9.80 Å². The summed E-state index contributed by atoms with van der Waals surface area (Å²) in [6.45, 7) is 16.8. The smallest absolute Gasteiger partial charge is 0.261 e. The Morgan fingerprint density at radius 3 is 1.02 bits per heavy atom. The summed E-state index contributed by atoms with van der Waals surface area (Å²) in [5.41, 5.74) is 5.24. The van der Waals surface area contributed by atoms with Crippen molar-refractivity contribution in [3.05, 3.63) is 68.8 Å².